The van der Waals surface area contributed by atoms with Gasteiger partial charge in [-0.05, 0) is 35.6 Å². The van der Waals surface area contributed by atoms with Crippen molar-refractivity contribution in [3.63, 3.8) is 0 Å². The SMILES string of the molecule is Cc1cscc1NCc1ccc(Cl)c(F)c1. The lowest BCUT2D eigenvalue weighted by molar-refractivity contribution is 0.626. The quantitative estimate of drug-likeness (QED) is 0.854. The van der Waals surface area contributed by atoms with Crippen molar-refractivity contribution < 1.29 is 4.39 Å². The minimum atomic E-state index is -0.372. The molecule has 1 heterocycles. The van der Waals surface area contributed by atoms with Crippen molar-refractivity contribution in [3.8, 4) is 0 Å². The predicted octanol–water partition coefficient (Wildman–Crippen LogP) is 4.46. The van der Waals surface area contributed by atoms with Gasteiger partial charge in [0, 0.05) is 17.6 Å². The summed E-state index contributed by atoms with van der Waals surface area (Å²) in [5.41, 5.74) is 3.19. The number of anilines is 1. The number of halogens is 2. The maximum absolute atomic E-state index is 13.2. The summed E-state index contributed by atoms with van der Waals surface area (Å²) in [5, 5.41) is 7.54. The van der Waals surface area contributed by atoms with Crippen LogP contribution in [0.3, 0.4) is 0 Å². The minimum absolute atomic E-state index is 0.162. The molecule has 0 aliphatic heterocycles. The van der Waals surface area contributed by atoms with E-state index in [4.69, 9.17) is 11.6 Å². The molecule has 0 atom stereocenters. The number of benzene rings is 1. The van der Waals surface area contributed by atoms with Crippen molar-refractivity contribution >= 4 is 28.6 Å². The zero-order valence-electron chi connectivity index (χ0n) is 8.76. The molecule has 0 spiro atoms. The highest BCUT2D eigenvalue weighted by atomic mass is 35.5. The van der Waals surface area contributed by atoms with Crippen molar-refractivity contribution in [1.29, 1.82) is 0 Å². The minimum Gasteiger partial charge on any atom is -0.380 e. The Morgan fingerprint density at radius 1 is 1.38 bits per heavy atom. The summed E-state index contributed by atoms with van der Waals surface area (Å²) in [7, 11) is 0. The van der Waals surface area contributed by atoms with Gasteiger partial charge in [0.2, 0.25) is 0 Å². The number of hydrogen-bond acceptors (Lipinski definition) is 2. The lowest BCUT2D eigenvalue weighted by atomic mass is 10.2. The molecule has 1 N–H and O–H groups in total. The van der Waals surface area contributed by atoms with Gasteiger partial charge < -0.3 is 5.32 Å². The maximum atomic E-state index is 13.2. The lowest BCUT2D eigenvalue weighted by Gasteiger charge is -2.06. The molecule has 4 heteroatoms. The van der Waals surface area contributed by atoms with Gasteiger partial charge in [-0.1, -0.05) is 17.7 Å². The van der Waals surface area contributed by atoms with Gasteiger partial charge in [-0.2, -0.15) is 0 Å². The van der Waals surface area contributed by atoms with Gasteiger partial charge in [0.15, 0.2) is 0 Å². The van der Waals surface area contributed by atoms with Gasteiger partial charge >= 0.3 is 0 Å². The Balaban J connectivity index is 2.05. The first-order valence-electron chi connectivity index (χ1n) is 4.87. The van der Waals surface area contributed by atoms with Crippen molar-refractivity contribution in [2.45, 2.75) is 13.5 Å². The van der Waals surface area contributed by atoms with Crippen LogP contribution in [0.1, 0.15) is 11.1 Å². The number of rotatable bonds is 3. The third-order valence-electron chi connectivity index (χ3n) is 2.32. The molecule has 0 aliphatic carbocycles. The topological polar surface area (TPSA) is 12.0 Å². The summed E-state index contributed by atoms with van der Waals surface area (Å²) in [6.45, 7) is 2.65. The molecular formula is C12H11ClFNS. The summed E-state index contributed by atoms with van der Waals surface area (Å²) in [5.74, 6) is -0.372. The molecule has 0 bridgehead atoms. The number of thiophene rings is 1. The van der Waals surface area contributed by atoms with Gasteiger partial charge in [-0.15, -0.1) is 11.3 Å². The first-order valence-corrected chi connectivity index (χ1v) is 6.19. The summed E-state index contributed by atoms with van der Waals surface area (Å²) in [4.78, 5) is 0. The molecule has 1 nitrogen and oxygen atoms in total. The molecule has 0 radical (unpaired) electrons. The second-order valence-electron chi connectivity index (χ2n) is 3.57. The van der Waals surface area contributed by atoms with Crippen LogP contribution in [0.2, 0.25) is 5.02 Å². The highest BCUT2D eigenvalue weighted by Gasteiger charge is 2.02. The molecule has 0 fully saturated rings. The van der Waals surface area contributed by atoms with Crippen molar-refractivity contribution in [2.24, 2.45) is 0 Å². The van der Waals surface area contributed by atoms with Crippen LogP contribution in [0.15, 0.2) is 29.0 Å². The van der Waals surface area contributed by atoms with E-state index in [1.807, 2.05) is 18.4 Å². The van der Waals surface area contributed by atoms with Crippen LogP contribution in [-0.4, -0.2) is 0 Å². The van der Waals surface area contributed by atoms with Gasteiger partial charge in [-0.25, -0.2) is 4.39 Å². The maximum Gasteiger partial charge on any atom is 0.142 e. The standard InChI is InChI=1S/C12H11ClFNS/c1-8-6-16-7-12(8)15-5-9-2-3-10(13)11(14)4-9/h2-4,6-7,15H,5H2,1H3. The van der Waals surface area contributed by atoms with E-state index in [1.54, 1.807) is 17.4 Å². The van der Waals surface area contributed by atoms with E-state index in [-0.39, 0.29) is 10.8 Å². The Morgan fingerprint density at radius 3 is 2.81 bits per heavy atom. The van der Waals surface area contributed by atoms with Crippen LogP contribution in [0.5, 0.6) is 0 Å². The Labute approximate surface area is 103 Å². The highest BCUT2D eigenvalue weighted by molar-refractivity contribution is 7.08. The summed E-state index contributed by atoms with van der Waals surface area (Å²) in [6, 6.07) is 4.85. The number of aryl methyl sites for hydroxylation is 1. The lowest BCUT2D eigenvalue weighted by Crippen LogP contribution is -1.99. The monoisotopic (exact) mass is 255 g/mol. The van der Waals surface area contributed by atoms with Crippen LogP contribution >= 0.6 is 22.9 Å². The molecule has 16 heavy (non-hydrogen) atoms. The van der Waals surface area contributed by atoms with E-state index >= 15 is 0 Å². The third-order valence-corrected chi connectivity index (χ3v) is 3.49. The smallest absolute Gasteiger partial charge is 0.142 e. The van der Waals surface area contributed by atoms with Crippen LogP contribution in [0.25, 0.3) is 0 Å². The molecule has 0 aliphatic rings. The molecule has 0 saturated carbocycles. The average molecular weight is 256 g/mol. The normalized spacial score (nSPS) is 10.4. The molecule has 2 aromatic rings. The molecular weight excluding hydrogens is 245 g/mol. The number of nitrogens with one attached hydrogen (secondary N) is 1. The fourth-order valence-electron chi connectivity index (χ4n) is 1.39. The number of hydrogen-bond donors (Lipinski definition) is 1. The van der Waals surface area contributed by atoms with Gasteiger partial charge in [-0.3, -0.25) is 0 Å². The van der Waals surface area contributed by atoms with E-state index in [1.165, 1.54) is 11.6 Å². The second-order valence-corrected chi connectivity index (χ2v) is 4.72. The van der Waals surface area contributed by atoms with E-state index < -0.39 is 0 Å². The van der Waals surface area contributed by atoms with Gasteiger partial charge in [0.25, 0.3) is 0 Å². The molecule has 0 unspecified atom stereocenters. The van der Waals surface area contributed by atoms with Crippen LogP contribution in [-0.2, 0) is 6.54 Å². The fraction of sp³-hybridized carbons (Fsp3) is 0.167. The molecule has 84 valence electrons. The first kappa shape index (κ1) is 11.4. The summed E-state index contributed by atoms with van der Waals surface area (Å²) < 4.78 is 13.2. The Morgan fingerprint density at radius 2 is 2.19 bits per heavy atom. The van der Waals surface area contributed by atoms with E-state index in [0.29, 0.717) is 6.54 Å². The van der Waals surface area contributed by atoms with Gasteiger partial charge in [0.1, 0.15) is 5.82 Å². The molecule has 2 rings (SSSR count). The fourth-order valence-corrected chi connectivity index (χ4v) is 2.31. The zero-order chi connectivity index (χ0) is 11.5. The van der Waals surface area contributed by atoms with Crippen LogP contribution in [0.4, 0.5) is 10.1 Å². The summed E-state index contributed by atoms with van der Waals surface area (Å²) in [6.07, 6.45) is 0. The molecule has 0 saturated heterocycles. The zero-order valence-corrected chi connectivity index (χ0v) is 10.3. The van der Waals surface area contributed by atoms with E-state index in [2.05, 4.69) is 10.7 Å². The van der Waals surface area contributed by atoms with Crippen molar-refractivity contribution in [1.82, 2.24) is 0 Å². The highest BCUT2D eigenvalue weighted by Crippen LogP contribution is 2.21. The average Bonchev–Trinajstić information content (AvgIpc) is 2.66. The van der Waals surface area contributed by atoms with E-state index in [0.717, 1.165) is 11.3 Å². The molecule has 1 aromatic carbocycles. The summed E-state index contributed by atoms with van der Waals surface area (Å²) >= 11 is 7.26. The van der Waals surface area contributed by atoms with Crippen molar-refractivity contribution in [2.75, 3.05) is 5.32 Å². The second kappa shape index (κ2) is 4.85. The van der Waals surface area contributed by atoms with Crippen molar-refractivity contribution in [3.05, 3.63) is 50.9 Å². The Hall–Kier alpha value is -1.06. The van der Waals surface area contributed by atoms with E-state index in [9.17, 15) is 4.39 Å². The predicted molar refractivity (Wildman–Crippen MR) is 67.8 cm³/mol. The van der Waals surface area contributed by atoms with Crippen LogP contribution < -0.4 is 5.32 Å². The van der Waals surface area contributed by atoms with Gasteiger partial charge in [0.05, 0.1) is 5.02 Å². The molecule has 1 aromatic heterocycles. The van der Waals surface area contributed by atoms with Crippen LogP contribution in [0, 0.1) is 12.7 Å². The third kappa shape index (κ3) is 2.54. The largest absolute Gasteiger partial charge is 0.380 e. The Bertz CT molecular complexity index is 496. The Kier molecular flexibility index (Phi) is 3.46. The molecule has 0 amide bonds. The first-order chi connectivity index (χ1) is 7.66.